The maximum Gasteiger partial charge on any atom is 0.224 e. The Labute approximate surface area is 122 Å². The second-order valence-corrected chi connectivity index (χ2v) is 5.16. The summed E-state index contributed by atoms with van der Waals surface area (Å²) in [7, 11) is 0. The van der Waals surface area contributed by atoms with Crippen molar-refractivity contribution in [2.24, 2.45) is 0 Å². The van der Waals surface area contributed by atoms with Crippen LogP contribution >= 0.6 is 0 Å². The standard InChI is InChI=1S/C16H27N3O/c1-4-13(3)19(5-2)11-7-10-16(20)18-15-9-6-8-14(17)12-15/h6,8-9,12-13H,4-5,7,10-11,17H2,1-3H3,(H,18,20). The van der Waals surface area contributed by atoms with Crippen LogP contribution in [0.5, 0.6) is 0 Å². The van der Waals surface area contributed by atoms with E-state index in [9.17, 15) is 4.79 Å². The van der Waals surface area contributed by atoms with Gasteiger partial charge in [0.15, 0.2) is 0 Å². The van der Waals surface area contributed by atoms with E-state index in [-0.39, 0.29) is 5.91 Å². The van der Waals surface area contributed by atoms with Crippen molar-refractivity contribution in [2.75, 3.05) is 24.1 Å². The van der Waals surface area contributed by atoms with Crippen molar-refractivity contribution < 1.29 is 4.79 Å². The van der Waals surface area contributed by atoms with Gasteiger partial charge in [-0.2, -0.15) is 0 Å². The van der Waals surface area contributed by atoms with E-state index in [1.54, 1.807) is 12.1 Å². The number of nitrogens with zero attached hydrogens (tertiary/aromatic N) is 1. The minimum Gasteiger partial charge on any atom is -0.399 e. The minimum absolute atomic E-state index is 0.0517. The van der Waals surface area contributed by atoms with E-state index in [0.29, 0.717) is 18.2 Å². The Morgan fingerprint density at radius 2 is 2.15 bits per heavy atom. The topological polar surface area (TPSA) is 58.4 Å². The Kier molecular flexibility index (Phi) is 7.09. The molecule has 1 atom stereocenters. The first-order valence-corrected chi connectivity index (χ1v) is 7.46. The first-order valence-electron chi connectivity index (χ1n) is 7.46. The molecule has 1 amide bonds. The molecule has 0 bridgehead atoms. The Morgan fingerprint density at radius 1 is 1.40 bits per heavy atom. The van der Waals surface area contributed by atoms with Crippen LogP contribution in [0.15, 0.2) is 24.3 Å². The Morgan fingerprint density at radius 3 is 2.75 bits per heavy atom. The molecule has 0 fully saturated rings. The zero-order valence-electron chi connectivity index (χ0n) is 12.9. The molecule has 4 nitrogen and oxygen atoms in total. The molecule has 20 heavy (non-hydrogen) atoms. The third kappa shape index (κ3) is 5.61. The van der Waals surface area contributed by atoms with Gasteiger partial charge >= 0.3 is 0 Å². The molecule has 0 saturated carbocycles. The normalized spacial score (nSPS) is 12.4. The second-order valence-electron chi connectivity index (χ2n) is 5.16. The Hall–Kier alpha value is -1.55. The van der Waals surface area contributed by atoms with E-state index in [2.05, 4.69) is 31.0 Å². The van der Waals surface area contributed by atoms with Gasteiger partial charge in [-0.15, -0.1) is 0 Å². The molecule has 1 unspecified atom stereocenters. The molecule has 1 aromatic rings. The van der Waals surface area contributed by atoms with Gasteiger partial charge in [0, 0.05) is 23.8 Å². The Balaban J connectivity index is 2.33. The molecule has 0 aliphatic rings. The van der Waals surface area contributed by atoms with Crippen LogP contribution < -0.4 is 11.1 Å². The summed E-state index contributed by atoms with van der Waals surface area (Å²) in [5, 5.41) is 2.88. The highest BCUT2D eigenvalue weighted by atomic mass is 16.1. The van der Waals surface area contributed by atoms with E-state index in [0.717, 1.165) is 31.6 Å². The monoisotopic (exact) mass is 277 g/mol. The zero-order valence-corrected chi connectivity index (χ0v) is 12.9. The molecule has 0 radical (unpaired) electrons. The minimum atomic E-state index is 0.0517. The largest absolute Gasteiger partial charge is 0.399 e. The van der Waals surface area contributed by atoms with Crippen LogP contribution in [0.25, 0.3) is 0 Å². The molecule has 1 aromatic carbocycles. The molecule has 112 valence electrons. The lowest BCUT2D eigenvalue weighted by atomic mass is 10.2. The predicted molar refractivity (Wildman–Crippen MR) is 85.7 cm³/mol. The van der Waals surface area contributed by atoms with Crippen LogP contribution in [0.3, 0.4) is 0 Å². The number of hydrogen-bond donors (Lipinski definition) is 2. The summed E-state index contributed by atoms with van der Waals surface area (Å²) in [5.41, 5.74) is 7.11. The predicted octanol–water partition coefficient (Wildman–Crippen LogP) is 3.11. The van der Waals surface area contributed by atoms with Gasteiger partial charge in [0.2, 0.25) is 5.91 Å². The number of nitrogens with two attached hydrogens (primary N) is 1. The van der Waals surface area contributed by atoms with Gasteiger partial charge in [0.05, 0.1) is 0 Å². The van der Waals surface area contributed by atoms with E-state index >= 15 is 0 Å². The lowest BCUT2D eigenvalue weighted by molar-refractivity contribution is -0.116. The van der Waals surface area contributed by atoms with Crippen molar-refractivity contribution in [2.45, 2.75) is 46.1 Å². The van der Waals surface area contributed by atoms with Gasteiger partial charge in [0.25, 0.3) is 0 Å². The van der Waals surface area contributed by atoms with Gasteiger partial charge < -0.3 is 16.0 Å². The van der Waals surface area contributed by atoms with Crippen LogP contribution in [0.4, 0.5) is 11.4 Å². The summed E-state index contributed by atoms with van der Waals surface area (Å²) in [4.78, 5) is 14.3. The number of carbonyl (C=O) groups excluding carboxylic acids is 1. The zero-order chi connectivity index (χ0) is 15.0. The van der Waals surface area contributed by atoms with Crippen molar-refractivity contribution in [3.63, 3.8) is 0 Å². The van der Waals surface area contributed by atoms with E-state index in [1.807, 2.05) is 12.1 Å². The van der Waals surface area contributed by atoms with E-state index < -0.39 is 0 Å². The molecule has 0 aliphatic carbocycles. The maximum absolute atomic E-state index is 11.9. The fourth-order valence-corrected chi connectivity index (χ4v) is 2.23. The Bertz CT molecular complexity index is 420. The molecular formula is C16H27N3O. The maximum atomic E-state index is 11.9. The number of nitrogens with one attached hydrogen (secondary N) is 1. The van der Waals surface area contributed by atoms with Crippen molar-refractivity contribution >= 4 is 17.3 Å². The number of carbonyl (C=O) groups is 1. The third-order valence-corrected chi connectivity index (χ3v) is 3.64. The fraction of sp³-hybridized carbons (Fsp3) is 0.562. The summed E-state index contributed by atoms with van der Waals surface area (Å²) in [5.74, 6) is 0.0517. The van der Waals surface area contributed by atoms with Crippen LogP contribution in [-0.4, -0.2) is 29.9 Å². The molecule has 0 aromatic heterocycles. The smallest absolute Gasteiger partial charge is 0.224 e. The average Bonchev–Trinajstić information content (AvgIpc) is 2.43. The second kappa shape index (κ2) is 8.59. The highest BCUT2D eigenvalue weighted by Crippen LogP contribution is 2.12. The van der Waals surface area contributed by atoms with Gasteiger partial charge in [0.1, 0.15) is 0 Å². The van der Waals surface area contributed by atoms with Gasteiger partial charge in [-0.1, -0.05) is 19.9 Å². The van der Waals surface area contributed by atoms with Crippen LogP contribution in [0.1, 0.15) is 40.0 Å². The summed E-state index contributed by atoms with van der Waals surface area (Å²) in [6.07, 6.45) is 2.57. The quantitative estimate of drug-likeness (QED) is 0.718. The first kappa shape index (κ1) is 16.5. The fourth-order valence-electron chi connectivity index (χ4n) is 2.23. The van der Waals surface area contributed by atoms with Crippen LogP contribution in [0.2, 0.25) is 0 Å². The lowest BCUT2D eigenvalue weighted by Crippen LogP contribution is -2.33. The first-order chi connectivity index (χ1) is 9.56. The molecule has 0 spiro atoms. The highest BCUT2D eigenvalue weighted by molar-refractivity contribution is 5.91. The molecular weight excluding hydrogens is 250 g/mol. The SMILES string of the molecule is CCC(C)N(CC)CCCC(=O)Nc1cccc(N)c1. The van der Waals surface area contributed by atoms with Crippen LogP contribution in [0, 0.1) is 0 Å². The summed E-state index contributed by atoms with van der Waals surface area (Å²) in [6.45, 7) is 8.59. The molecule has 0 aliphatic heterocycles. The number of nitrogen functional groups attached to an aromatic ring is 1. The summed E-state index contributed by atoms with van der Waals surface area (Å²) < 4.78 is 0. The van der Waals surface area contributed by atoms with E-state index in [1.165, 1.54) is 0 Å². The molecule has 3 N–H and O–H groups in total. The number of hydrogen-bond acceptors (Lipinski definition) is 3. The lowest BCUT2D eigenvalue weighted by Gasteiger charge is -2.26. The molecule has 4 heteroatoms. The number of benzene rings is 1. The average molecular weight is 277 g/mol. The number of anilines is 2. The van der Waals surface area contributed by atoms with Crippen molar-refractivity contribution in [1.82, 2.24) is 4.90 Å². The number of rotatable bonds is 8. The van der Waals surface area contributed by atoms with Gasteiger partial charge in [-0.3, -0.25) is 4.79 Å². The van der Waals surface area contributed by atoms with Crippen molar-refractivity contribution in [3.8, 4) is 0 Å². The van der Waals surface area contributed by atoms with Gasteiger partial charge in [-0.05, 0) is 51.1 Å². The van der Waals surface area contributed by atoms with Crippen LogP contribution in [-0.2, 0) is 4.79 Å². The number of amides is 1. The van der Waals surface area contributed by atoms with E-state index in [4.69, 9.17) is 5.73 Å². The van der Waals surface area contributed by atoms with Gasteiger partial charge in [-0.25, -0.2) is 0 Å². The van der Waals surface area contributed by atoms with Crippen molar-refractivity contribution in [3.05, 3.63) is 24.3 Å². The summed E-state index contributed by atoms with van der Waals surface area (Å²) in [6, 6.07) is 7.85. The highest BCUT2D eigenvalue weighted by Gasteiger charge is 2.10. The molecule has 0 saturated heterocycles. The van der Waals surface area contributed by atoms with Crippen molar-refractivity contribution in [1.29, 1.82) is 0 Å². The molecule has 0 heterocycles. The molecule has 1 rings (SSSR count). The summed E-state index contributed by atoms with van der Waals surface area (Å²) >= 11 is 0. The third-order valence-electron chi connectivity index (χ3n) is 3.64.